The van der Waals surface area contributed by atoms with Crippen LogP contribution >= 0.6 is 22.6 Å². The Morgan fingerprint density at radius 2 is 2.50 bits per heavy atom. The Morgan fingerprint density at radius 3 is 3.08 bits per heavy atom. The van der Waals surface area contributed by atoms with Gasteiger partial charge in [0.1, 0.15) is 0 Å². The van der Waals surface area contributed by atoms with Crippen LogP contribution in [0.1, 0.15) is 12.8 Å². The molecule has 1 unspecified atom stereocenters. The molecule has 1 rings (SSSR count). The fourth-order valence-electron chi connectivity index (χ4n) is 1.14. The first-order valence-corrected chi connectivity index (χ1v) is 5.27. The molecule has 1 heterocycles. The largest absolute Gasteiger partial charge is 0.320 e. The first kappa shape index (κ1) is 10.1. The minimum Gasteiger partial charge on any atom is -0.320 e. The van der Waals surface area contributed by atoms with E-state index in [0.717, 1.165) is 25.0 Å². The van der Waals surface area contributed by atoms with Gasteiger partial charge in [-0.2, -0.15) is 0 Å². The summed E-state index contributed by atoms with van der Waals surface area (Å²) in [5.41, 5.74) is 6.53. The maximum atomic E-state index is 11.2. The van der Waals surface area contributed by atoms with E-state index in [1.807, 2.05) is 6.08 Å². The fraction of sp³-hybridized carbons (Fsp3) is 0.625. The monoisotopic (exact) mass is 280 g/mol. The van der Waals surface area contributed by atoms with Crippen molar-refractivity contribution < 1.29 is 4.79 Å². The lowest BCUT2D eigenvalue weighted by atomic mass is 10.0. The molecule has 0 aromatic carbocycles. The van der Waals surface area contributed by atoms with E-state index in [9.17, 15) is 4.79 Å². The second-order valence-corrected chi connectivity index (χ2v) is 4.44. The number of rotatable bonds is 3. The summed E-state index contributed by atoms with van der Waals surface area (Å²) < 4.78 is 0.159. The SMILES string of the molecule is NC(I)CCC1=CCNCC1=O. The molecule has 3 nitrogen and oxygen atoms in total. The first-order chi connectivity index (χ1) is 5.70. The molecule has 0 aliphatic carbocycles. The molecule has 68 valence electrons. The van der Waals surface area contributed by atoms with Crippen molar-refractivity contribution in [1.29, 1.82) is 0 Å². The Balaban J connectivity index is 2.39. The summed E-state index contributed by atoms with van der Waals surface area (Å²) in [6.45, 7) is 1.31. The lowest BCUT2D eigenvalue weighted by Gasteiger charge is -2.13. The van der Waals surface area contributed by atoms with Crippen molar-refractivity contribution in [3.8, 4) is 0 Å². The highest BCUT2D eigenvalue weighted by atomic mass is 127. The van der Waals surface area contributed by atoms with Gasteiger partial charge in [-0.25, -0.2) is 0 Å². The topological polar surface area (TPSA) is 55.1 Å². The predicted octanol–water partition coefficient (Wildman–Crippen LogP) is 0.585. The van der Waals surface area contributed by atoms with Gasteiger partial charge in [0.2, 0.25) is 0 Å². The molecule has 1 atom stereocenters. The summed E-state index contributed by atoms with van der Waals surface area (Å²) in [7, 11) is 0. The molecule has 0 fully saturated rings. The molecule has 0 spiro atoms. The maximum absolute atomic E-state index is 11.2. The highest BCUT2D eigenvalue weighted by molar-refractivity contribution is 14.1. The van der Waals surface area contributed by atoms with Gasteiger partial charge in [0.15, 0.2) is 5.78 Å². The molecule has 0 saturated carbocycles. The summed E-state index contributed by atoms with van der Waals surface area (Å²) >= 11 is 2.17. The molecule has 0 bridgehead atoms. The maximum Gasteiger partial charge on any atom is 0.172 e. The van der Waals surface area contributed by atoms with Crippen LogP contribution in [0.15, 0.2) is 11.6 Å². The third kappa shape index (κ3) is 3.20. The highest BCUT2D eigenvalue weighted by Gasteiger charge is 2.12. The summed E-state index contributed by atoms with van der Waals surface area (Å²) in [5.74, 6) is 0.221. The molecule has 0 aromatic heterocycles. The number of halogens is 1. The van der Waals surface area contributed by atoms with E-state index in [2.05, 4.69) is 27.9 Å². The van der Waals surface area contributed by atoms with Crippen LogP contribution in [0.3, 0.4) is 0 Å². The summed E-state index contributed by atoms with van der Waals surface area (Å²) in [6, 6.07) is 0. The average molecular weight is 280 g/mol. The van der Waals surface area contributed by atoms with Crippen LogP contribution in [0, 0.1) is 0 Å². The van der Waals surface area contributed by atoms with Gasteiger partial charge in [0, 0.05) is 6.54 Å². The van der Waals surface area contributed by atoms with Crippen LogP contribution in [0.2, 0.25) is 0 Å². The molecule has 12 heavy (non-hydrogen) atoms. The van der Waals surface area contributed by atoms with Gasteiger partial charge >= 0.3 is 0 Å². The van der Waals surface area contributed by atoms with E-state index in [0.29, 0.717) is 6.54 Å². The van der Waals surface area contributed by atoms with Gasteiger partial charge in [-0.15, -0.1) is 0 Å². The van der Waals surface area contributed by atoms with Crippen molar-refractivity contribution in [2.75, 3.05) is 13.1 Å². The van der Waals surface area contributed by atoms with Crippen LogP contribution in [-0.4, -0.2) is 22.9 Å². The zero-order chi connectivity index (χ0) is 8.97. The van der Waals surface area contributed by atoms with Gasteiger partial charge in [0.25, 0.3) is 0 Å². The van der Waals surface area contributed by atoms with Crippen LogP contribution in [0.25, 0.3) is 0 Å². The number of nitrogens with two attached hydrogens (primary N) is 1. The molecule has 0 aromatic rings. The molecule has 0 radical (unpaired) electrons. The second-order valence-electron chi connectivity index (χ2n) is 2.84. The van der Waals surface area contributed by atoms with E-state index in [-0.39, 0.29) is 9.83 Å². The van der Waals surface area contributed by atoms with Gasteiger partial charge in [-0.3, -0.25) is 4.79 Å². The smallest absolute Gasteiger partial charge is 0.172 e. The number of alkyl halides is 1. The Bertz CT molecular complexity index is 201. The van der Waals surface area contributed by atoms with Gasteiger partial charge in [0.05, 0.1) is 10.6 Å². The molecule has 0 saturated heterocycles. The molecule has 1 aliphatic heterocycles. The number of hydrogen-bond acceptors (Lipinski definition) is 3. The minimum atomic E-state index is 0.159. The van der Waals surface area contributed by atoms with E-state index >= 15 is 0 Å². The number of carbonyl (C=O) groups is 1. The summed E-state index contributed by atoms with van der Waals surface area (Å²) in [4.78, 5) is 11.2. The van der Waals surface area contributed by atoms with Crippen molar-refractivity contribution in [3.63, 3.8) is 0 Å². The molecule has 1 aliphatic rings. The Hall–Kier alpha value is 0.0600. The molecular weight excluding hydrogens is 267 g/mol. The second kappa shape index (κ2) is 4.94. The minimum absolute atomic E-state index is 0.159. The van der Waals surface area contributed by atoms with Crippen molar-refractivity contribution in [3.05, 3.63) is 11.6 Å². The molecular formula is C8H13IN2O. The lowest BCUT2D eigenvalue weighted by molar-refractivity contribution is -0.115. The summed E-state index contributed by atoms with van der Waals surface area (Å²) in [5, 5.41) is 2.99. The van der Waals surface area contributed by atoms with Crippen molar-refractivity contribution in [2.45, 2.75) is 16.9 Å². The number of nitrogens with one attached hydrogen (secondary N) is 1. The van der Waals surface area contributed by atoms with E-state index in [4.69, 9.17) is 5.73 Å². The Labute approximate surface area is 85.9 Å². The number of Topliss-reactive ketones (excluding diaryl/α,β-unsaturated/α-hetero) is 1. The van der Waals surface area contributed by atoms with Gasteiger partial charge in [-0.05, 0) is 18.4 Å². The predicted molar refractivity (Wildman–Crippen MR) is 57.2 cm³/mol. The standard InChI is InChI=1S/C8H13IN2O/c9-8(10)2-1-6-3-4-11-5-7(6)12/h3,8,11H,1-2,4-5,10H2. The van der Waals surface area contributed by atoms with E-state index in [1.54, 1.807) is 0 Å². The molecule has 4 heteroatoms. The molecule has 0 amide bonds. The Kier molecular flexibility index (Phi) is 4.17. The third-order valence-electron chi connectivity index (χ3n) is 1.83. The van der Waals surface area contributed by atoms with E-state index < -0.39 is 0 Å². The fourth-order valence-corrected chi connectivity index (χ4v) is 1.45. The van der Waals surface area contributed by atoms with E-state index in [1.165, 1.54) is 0 Å². The van der Waals surface area contributed by atoms with Crippen LogP contribution in [0.4, 0.5) is 0 Å². The number of hydrogen-bond donors (Lipinski definition) is 2. The molecule has 3 N–H and O–H groups in total. The normalized spacial score (nSPS) is 20.5. The van der Waals surface area contributed by atoms with Gasteiger partial charge < -0.3 is 11.1 Å². The highest BCUT2D eigenvalue weighted by Crippen LogP contribution is 2.12. The first-order valence-electron chi connectivity index (χ1n) is 4.03. The van der Waals surface area contributed by atoms with Crippen molar-refractivity contribution in [2.24, 2.45) is 5.73 Å². The van der Waals surface area contributed by atoms with Gasteiger partial charge in [-0.1, -0.05) is 28.7 Å². The quantitative estimate of drug-likeness (QED) is 0.452. The lowest BCUT2D eigenvalue weighted by Crippen LogP contribution is -2.29. The third-order valence-corrected chi connectivity index (χ3v) is 2.45. The number of ketones is 1. The zero-order valence-corrected chi connectivity index (χ0v) is 9.00. The van der Waals surface area contributed by atoms with Crippen LogP contribution in [-0.2, 0) is 4.79 Å². The number of carbonyl (C=O) groups excluding carboxylic acids is 1. The summed E-state index contributed by atoms with van der Waals surface area (Å²) in [6.07, 6.45) is 3.67. The average Bonchev–Trinajstić information content (AvgIpc) is 2.03. The zero-order valence-electron chi connectivity index (χ0n) is 6.85. The van der Waals surface area contributed by atoms with Crippen molar-refractivity contribution in [1.82, 2.24) is 5.32 Å². The van der Waals surface area contributed by atoms with Crippen LogP contribution in [0.5, 0.6) is 0 Å². The Morgan fingerprint density at radius 1 is 1.75 bits per heavy atom. The van der Waals surface area contributed by atoms with Crippen LogP contribution < -0.4 is 11.1 Å². The van der Waals surface area contributed by atoms with Crippen molar-refractivity contribution >= 4 is 28.4 Å².